The summed E-state index contributed by atoms with van der Waals surface area (Å²) < 4.78 is 1.07. The number of aromatic nitrogens is 1. The molecule has 0 aliphatic heterocycles. The predicted octanol–water partition coefficient (Wildman–Crippen LogP) is 4.18. The predicted molar refractivity (Wildman–Crippen MR) is 79.4 cm³/mol. The molecule has 100 valence electrons. The Hall–Kier alpha value is -0.410. The summed E-state index contributed by atoms with van der Waals surface area (Å²) in [6.45, 7) is 4.78. The summed E-state index contributed by atoms with van der Waals surface area (Å²) in [7, 11) is 2.06. The van der Waals surface area contributed by atoms with Gasteiger partial charge in [-0.1, -0.05) is 20.3 Å². The zero-order valence-electron chi connectivity index (χ0n) is 11.5. The Bertz CT molecular complexity index is 394. The maximum atomic E-state index is 4.30. The van der Waals surface area contributed by atoms with Gasteiger partial charge in [0.2, 0.25) is 0 Å². The van der Waals surface area contributed by atoms with Crippen LogP contribution in [0.1, 0.15) is 44.7 Å². The first-order valence-electron chi connectivity index (χ1n) is 6.89. The minimum absolute atomic E-state index is 0.435. The number of halogens is 1. The van der Waals surface area contributed by atoms with Crippen LogP contribution in [0.4, 0.5) is 0 Å². The smallest absolute Gasteiger partial charge is 0.0410 e. The molecule has 0 aromatic carbocycles. The van der Waals surface area contributed by atoms with E-state index in [4.69, 9.17) is 0 Å². The maximum absolute atomic E-state index is 4.30. The molecule has 2 rings (SSSR count). The van der Waals surface area contributed by atoms with Crippen molar-refractivity contribution in [2.24, 2.45) is 17.8 Å². The van der Waals surface area contributed by atoms with E-state index in [-0.39, 0.29) is 0 Å². The monoisotopic (exact) mass is 310 g/mol. The molecule has 0 spiro atoms. The zero-order valence-corrected chi connectivity index (χ0v) is 13.1. The molecule has 2 nitrogen and oxygen atoms in total. The standard InChI is InChI=1S/C15H23BrN2/c1-10-4-5-12(6-11(10)2)15(17-3)13-7-14(16)9-18-8-13/h7-12,15,17H,4-6H2,1-3H3. The fourth-order valence-corrected chi connectivity index (χ4v) is 3.55. The van der Waals surface area contributed by atoms with Crippen LogP contribution in [0.15, 0.2) is 22.9 Å². The lowest BCUT2D eigenvalue weighted by Crippen LogP contribution is -2.31. The third kappa shape index (κ3) is 3.12. The number of rotatable bonds is 3. The van der Waals surface area contributed by atoms with Crippen LogP contribution < -0.4 is 5.32 Å². The highest BCUT2D eigenvalue weighted by atomic mass is 79.9. The molecule has 0 saturated heterocycles. The van der Waals surface area contributed by atoms with Gasteiger partial charge in [-0.3, -0.25) is 4.98 Å². The van der Waals surface area contributed by atoms with E-state index in [1.165, 1.54) is 24.8 Å². The molecule has 1 aromatic rings. The number of nitrogens with zero attached hydrogens (tertiary/aromatic N) is 1. The van der Waals surface area contributed by atoms with Gasteiger partial charge >= 0.3 is 0 Å². The van der Waals surface area contributed by atoms with Crippen molar-refractivity contribution < 1.29 is 0 Å². The van der Waals surface area contributed by atoms with Crippen molar-refractivity contribution in [2.45, 2.75) is 39.2 Å². The van der Waals surface area contributed by atoms with Crippen molar-refractivity contribution in [3.05, 3.63) is 28.5 Å². The van der Waals surface area contributed by atoms with Crippen LogP contribution in [0.5, 0.6) is 0 Å². The van der Waals surface area contributed by atoms with Gasteiger partial charge in [0.05, 0.1) is 0 Å². The highest BCUT2D eigenvalue weighted by molar-refractivity contribution is 9.10. The summed E-state index contributed by atoms with van der Waals surface area (Å²) in [6, 6.07) is 2.63. The minimum atomic E-state index is 0.435. The SMILES string of the molecule is CNC(c1cncc(Br)c1)C1CCC(C)C(C)C1. The van der Waals surface area contributed by atoms with Crippen molar-refractivity contribution in [3.8, 4) is 0 Å². The molecule has 1 aliphatic carbocycles. The van der Waals surface area contributed by atoms with Crippen molar-refractivity contribution in [1.29, 1.82) is 0 Å². The summed E-state index contributed by atoms with van der Waals surface area (Å²) >= 11 is 3.51. The second-order valence-electron chi connectivity index (χ2n) is 5.73. The van der Waals surface area contributed by atoms with Gasteiger partial charge in [-0.2, -0.15) is 0 Å². The van der Waals surface area contributed by atoms with Crippen LogP contribution >= 0.6 is 15.9 Å². The highest BCUT2D eigenvalue weighted by Gasteiger charge is 2.30. The van der Waals surface area contributed by atoms with Crippen LogP contribution in [0, 0.1) is 17.8 Å². The Morgan fingerprint density at radius 1 is 1.28 bits per heavy atom. The average Bonchev–Trinajstić information content (AvgIpc) is 2.35. The van der Waals surface area contributed by atoms with E-state index >= 15 is 0 Å². The van der Waals surface area contributed by atoms with Crippen molar-refractivity contribution in [1.82, 2.24) is 10.3 Å². The van der Waals surface area contributed by atoms with Crippen LogP contribution in [-0.4, -0.2) is 12.0 Å². The summed E-state index contributed by atoms with van der Waals surface area (Å²) in [5.41, 5.74) is 1.30. The second kappa shape index (κ2) is 6.16. The fraction of sp³-hybridized carbons (Fsp3) is 0.667. The molecule has 0 amide bonds. The molecular weight excluding hydrogens is 288 g/mol. The van der Waals surface area contributed by atoms with E-state index in [0.29, 0.717) is 6.04 Å². The van der Waals surface area contributed by atoms with Gasteiger partial charge in [0.1, 0.15) is 0 Å². The zero-order chi connectivity index (χ0) is 13.1. The number of nitrogens with one attached hydrogen (secondary N) is 1. The summed E-state index contributed by atoms with van der Waals surface area (Å²) in [4.78, 5) is 4.30. The molecular formula is C15H23BrN2. The van der Waals surface area contributed by atoms with E-state index in [0.717, 1.165) is 22.2 Å². The quantitative estimate of drug-likeness (QED) is 0.906. The maximum Gasteiger partial charge on any atom is 0.0410 e. The summed E-state index contributed by atoms with van der Waals surface area (Å²) in [5, 5.41) is 3.49. The molecule has 1 aliphatic rings. The van der Waals surface area contributed by atoms with Gasteiger partial charge in [0, 0.05) is 22.9 Å². The minimum Gasteiger partial charge on any atom is -0.313 e. The largest absolute Gasteiger partial charge is 0.313 e. The number of hydrogen-bond acceptors (Lipinski definition) is 2. The van der Waals surface area contributed by atoms with Crippen molar-refractivity contribution in [2.75, 3.05) is 7.05 Å². The van der Waals surface area contributed by atoms with Crippen LogP contribution in [-0.2, 0) is 0 Å². The first-order chi connectivity index (χ1) is 8.61. The van der Waals surface area contributed by atoms with Gasteiger partial charge in [-0.05, 0) is 65.2 Å². The summed E-state index contributed by atoms with van der Waals surface area (Å²) in [6.07, 6.45) is 7.84. The van der Waals surface area contributed by atoms with Gasteiger partial charge in [-0.25, -0.2) is 0 Å². The second-order valence-corrected chi connectivity index (χ2v) is 6.65. The molecule has 0 bridgehead atoms. The van der Waals surface area contributed by atoms with Crippen LogP contribution in [0.2, 0.25) is 0 Å². The van der Waals surface area contributed by atoms with Crippen LogP contribution in [0.25, 0.3) is 0 Å². The van der Waals surface area contributed by atoms with E-state index in [1.54, 1.807) is 0 Å². The Labute approximate surface area is 119 Å². The Morgan fingerprint density at radius 2 is 2.06 bits per heavy atom. The molecule has 1 saturated carbocycles. The molecule has 18 heavy (non-hydrogen) atoms. The van der Waals surface area contributed by atoms with Gasteiger partial charge in [0.15, 0.2) is 0 Å². The molecule has 1 heterocycles. The normalized spacial score (nSPS) is 30.1. The summed E-state index contributed by atoms with van der Waals surface area (Å²) in [5.74, 6) is 2.44. The first kappa shape index (κ1) is 14.0. The lowest BCUT2D eigenvalue weighted by Gasteiger charge is -2.36. The van der Waals surface area contributed by atoms with E-state index in [1.807, 2.05) is 12.4 Å². The van der Waals surface area contributed by atoms with Crippen molar-refractivity contribution >= 4 is 15.9 Å². The average molecular weight is 311 g/mol. The Balaban J connectivity index is 2.14. The number of pyridine rings is 1. The lowest BCUT2D eigenvalue weighted by atomic mass is 9.72. The lowest BCUT2D eigenvalue weighted by molar-refractivity contribution is 0.174. The molecule has 0 radical (unpaired) electrons. The van der Waals surface area contributed by atoms with Crippen LogP contribution in [0.3, 0.4) is 0 Å². The van der Waals surface area contributed by atoms with E-state index in [9.17, 15) is 0 Å². The Morgan fingerprint density at radius 3 is 2.67 bits per heavy atom. The molecule has 3 heteroatoms. The Kier molecular flexibility index (Phi) is 4.79. The molecule has 4 atom stereocenters. The molecule has 1 aromatic heterocycles. The number of hydrogen-bond donors (Lipinski definition) is 1. The van der Waals surface area contributed by atoms with Gasteiger partial charge in [0.25, 0.3) is 0 Å². The third-order valence-electron chi connectivity index (χ3n) is 4.51. The first-order valence-corrected chi connectivity index (χ1v) is 7.68. The molecule has 4 unspecified atom stereocenters. The van der Waals surface area contributed by atoms with E-state index in [2.05, 4.69) is 53.2 Å². The van der Waals surface area contributed by atoms with E-state index < -0.39 is 0 Å². The van der Waals surface area contributed by atoms with Gasteiger partial charge in [-0.15, -0.1) is 0 Å². The highest BCUT2D eigenvalue weighted by Crippen LogP contribution is 2.39. The third-order valence-corrected chi connectivity index (χ3v) is 4.94. The fourth-order valence-electron chi connectivity index (χ4n) is 3.16. The molecule has 1 fully saturated rings. The molecule has 1 N–H and O–H groups in total. The van der Waals surface area contributed by atoms with Crippen molar-refractivity contribution in [3.63, 3.8) is 0 Å². The van der Waals surface area contributed by atoms with Gasteiger partial charge < -0.3 is 5.32 Å². The topological polar surface area (TPSA) is 24.9 Å².